The van der Waals surface area contributed by atoms with Crippen molar-refractivity contribution in [3.63, 3.8) is 0 Å². The second kappa shape index (κ2) is 7.09. The molecule has 8 nitrogen and oxygen atoms in total. The van der Waals surface area contributed by atoms with E-state index in [4.69, 9.17) is 0 Å². The van der Waals surface area contributed by atoms with Gasteiger partial charge >= 0.3 is 0 Å². The van der Waals surface area contributed by atoms with Gasteiger partial charge in [-0.05, 0) is 48.8 Å². The average molecular weight is 393 g/mol. The fourth-order valence-electron chi connectivity index (χ4n) is 5.32. The van der Waals surface area contributed by atoms with Crippen molar-refractivity contribution < 1.29 is 14.4 Å². The van der Waals surface area contributed by atoms with Gasteiger partial charge in [0, 0.05) is 18.7 Å². The number of carbonyl (C=O) groups is 3. The molecule has 3 aliphatic rings. The first-order valence-corrected chi connectivity index (χ1v) is 10.2. The summed E-state index contributed by atoms with van der Waals surface area (Å²) in [7, 11) is 0. The van der Waals surface area contributed by atoms with Crippen LogP contribution >= 0.6 is 0 Å². The number of hydrogen-bond acceptors (Lipinski definition) is 5. The molecule has 0 radical (unpaired) electrons. The molecule has 4 atom stereocenters. The minimum absolute atomic E-state index is 0.0579. The van der Waals surface area contributed by atoms with Gasteiger partial charge in [-0.25, -0.2) is 9.67 Å². The molecule has 2 aliphatic carbocycles. The number of anilines is 1. The van der Waals surface area contributed by atoms with E-state index in [0.29, 0.717) is 24.1 Å². The molecular formula is C21H23N5O3. The van der Waals surface area contributed by atoms with Gasteiger partial charge in [-0.2, -0.15) is 5.10 Å². The van der Waals surface area contributed by atoms with Crippen molar-refractivity contribution >= 4 is 23.4 Å². The molecule has 2 aromatic rings. The Morgan fingerprint density at radius 3 is 2.38 bits per heavy atom. The molecule has 1 aliphatic heterocycles. The van der Waals surface area contributed by atoms with Gasteiger partial charge in [0.05, 0.1) is 18.4 Å². The molecule has 1 aromatic heterocycles. The number of benzene rings is 1. The Bertz CT molecular complexity index is 912. The fraction of sp³-hybridized carbons (Fsp3) is 0.476. The largest absolute Gasteiger partial charge is 0.326 e. The Hall–Kier alpha value is -3.03. The number of rotatable bonds is 6. The summed E-state index contributed by atoms with van der Waals surface area (Å²) in [6.45, 7) is 0.776. The van der Waals surface area contributed by atoms with Crippen LogP contribution in [0.25, 0.3) is 0 Å². The van der Waals surface area contributed by atoms with Gasteiger partial charge in [0.2, 0.25) is 17.7 Å². The first kappa shape index (κ1) is 18.0. The predicted molar refractivity (Wildman–Crippen MR) is 103 cm³/mol. The summed E-state index contributed by atoms with van der Waals surface area (Å²) in [5.74, 6) is 0.181. The molecule has 2 bridgehead atoms. The maximum absolute atomic E-state index is 12.7. The molecule has 5 rings (SSSR count). The smallest absolute Gasteiger partial charge is 0.233 e. The lowest BCUT2D eigenvalue weighted by molar-refractivity contribution is -0.140. The number of aromatic nitrogens is 3. The van der Waals surface area contributed by atoms with Crippen LogP contribution in [0.2, 0.25) is 0 Å². The van der Waals surface area contributed by atoms with Crippen LogP contribution in [0.4, 0.5) is 5.69 Å². The Balaban J connectivity index is 1.15. The first-order chi connectivity index (χ1) is 14.1. The highest BCUT2D eigenvalue weighted by molar-refractivity contribution is 6.06. The van der Waals surface area contributed by atoms with Crippen molar-refractivity contribution in [2.45, 2.75) is 32.2 Å². The number of imide groups is 1. The van der Waals surface area contributed by atoms with E-state index < -0.39 is 0 Å². The van der Waals surface area contributed by atoms with Gasteiger partial charge in [0.1, 0.15) is 12.7 Å². The molecule has 0 spiro atoms. The van der Waals surface area contributed by atoms with Gasteiger partial charge in [-0.15, -0.1) is 0 Å². The molecule has 0 unspecified atom stereocenters. The van der Waals surface area contributed by atoms with Gasteiger partial charge in [0.25, 0.3) is 0 Å². The van der Waals surface area contributed by atoms with Gasteiger partial charge in [0.15, 0.2) is 0 Å². The number of amides is 3. The minimum atomic E-state index is -0.199. The van der Waals surface area contributed by atoms with Crippen LogP contribution in [0.5, 0.6) is 0 Å². The van der Waals surface area contributed by atoms with Crippen LogP contribution in [0.15, 0.2) is 36.9 Å². The second-order valence-electron chi connectivity index (χ2n) is 8.30. The topological polar surface area (TPSA) is 97.2 Å². The van der Waals surface area contributed by atoms with Gasteiger partial charge in [-0.3, -0.25) is 19.3 Å². The van der Waals surface area contributed by atoms with Crippen LogP contribution in [0, 0.1) is 23.7 Å². The lowest BCUT2D eigenvalue weighted by Gasteiger charge is -2.19. The Morgan fingerprint density at radius 2 is 1.76 bits per heavy atom. The Labute approximate surface area is 168 Å². The molecule has 1 N–H and O–H groups in total. The van der Waals surface area contributed by atoms with E-state index in [1.54, 1.807) is 11.0 Å². The lowest BCUT2D eigenvalue weighted by atomic mass is 9.81. The van der Waals surface area contributed by atoms with E-state index in [1.807, 2.05) is 24.3 Å². The van der Waals surface area contributed by atoms with Gasteiger partial charge in [-0.1, -0.05) is 12.1 Å². The van der Waals surface area contributed by atoms with E-state index in [1.165, 1.54) is 11.2 Å². The quantitative estimate of drug-likeness (QED) is 0.753. The molecule has 150 valence electrons. The van der Waals surface area contributed by atoms with Crippen molar-refractivity contribution in [1.29, 1.82) is 0 Å². The zero-order valence-corrected chi connectivity index (χ0v) is 16.0. The van der Waals surface area contributed by atoms with Gasteiger partial charge < -0.3 is 5.32 Å². The average Bonchev–Trinajstić information content (AvgIpc) is 3.49. The highest BCUT2D eigenvalue weighted by atomic mass is 16.2. The molecule has 3 amide bonds. The van der Waals surface area contributed by atoms with Crippen LogP contribution < -0.4 is 5.32 Å². The SMILES string of the molecule is O=C(CCN1C(=O)[C@@H]2[C@H]3CC[C@@H](C3)[C@H]2C1=O)Nc1ccc(Cn2cncn2)cc1. The summed E-state index contributed by atoms with van der Waals surface area (Å²) in [5.41, 5.74) is 1.73. The molecule has 29 heavy (non-hydrogen) atoms. The second-order valence-corrected chi connectivity index (χ2v) is 8.30. The predicted octanol–water partition coefficient (Wildman–Crippen LogP) is 1.69. The third-order valence-corrected chi connectivity index (χ3v) is 6.63. The number of hydrogen-bond donors (Lipinski definition) is 1. The molecule has 1 saturated heterocycles. The standard InChI is InChI=1S/C21H23N5O3/c27-17(24-16-5-1-13(2-6-16)10-25-12-22-11-23-25)7-8-26-20(28)18-14-3-4-15(9-14)19(18)21(26)29/h1-2,5-6,11-12,14-15,18-19H,3-4,7-10H2,(H,24,27)/t14-,15-,18+,19+/m0/s1. The Morgan fingerprint density at radius 1 is 1.07 bits per heavy atom. The van der Waals surface area contributed by atoms with Crippen LogP contribution in [0.1, 0.15) is 31.2 Å². The summed E-state index contributed by atoms with van der Waals surface area (Å²) in [6.07, 6.45) is 6.40. The summed E-state index contributed by atoms with van der Waals surface area (Å²) in [6, 6.07) is 7.50. The molecule has 2 heterocycles. The van der Waals surface area contributed by atoms with Crippen molar-refractivity contribution in [3.05, 3.63) is 42.5 Å². The number of fused-ring (bicyclic) bond motifs is 5. The monoisotopic (exact) mass is 393 g/mol. The first-order valence-electron chi connectivity index (χ1n) is 10.2. The zero-order chi connectivity index (χ0) is 20.0. The molecule has 3 fully saturated rings. The third-order valence-electron chi connectivity index (χ3n) is 6.63. The lowest BCUT2D eigenvalue weighted by Crippen LogP contribution is -2.35. The molecule has 1 aromatic carbocycles. The van der Waals surface area contributed by atoms with Crippen molar-refractivity contribution in [1.82, 2.24) is 19.7 Å². The number of nitrogens with one attached hydrogen (secondary N) is 1. The summed E-state index contributed by atoms with van der Waals surface area (Å²) < 4.78 is 1.72. The normalized spacial score (nSPS) is 27.5. The molecular weight excluding hydrogens is 370 g/mol. The number of likely N-dealkylation sites (tertiary alicyclic amines) is 1. The Kier molecular flexibility index (Phi) is 4.41. The maximum Gasteiger partial charge on any atom is 0.233 e. The number of carbonyl (C=O) groups excluding carboxylic acids is 3. The minimum Gasteiger partial charge on any atom is -0.326 e. The summed E-state index contributed by atoms with van der Waals surface area (Å²) in [5, 5.41) is 6.91. The van der Waals surface area contributed by atoms with E-state index in [-0.39, 0.29) is 42.5 Å². The van der Waals surface area contributed by atoms with E-state index in [9.17, 15) is 14.4 Å². The van der Waals surface area contributed by atoms with E-state index >= 15 is 0 Å². The number of nitrogens with zero attached hydrogens (tertiary/aromatic N) is 4. The van der Waals surface area contributed by atoms with Crippen molar-refractivity contribution in [3.8, 4) is 0 Å². The summed E-state index contributed by atoms with van der Waals surface area (Å²) >= 11 is 0. The van der Waals surface area contributed by atoms with E-state index in [0.717, 1.165) is 24.8 Å². The van der Waals surface area contributed by atoms with E-state index in [2.05, 4.69) is 15.4 Å². The zero-order valence-electron chi connectivity index (χ0n) is 16.0. The summed E-state index contributed by atoms with van der Waals surface area (Å²) in [4.78, 5) is 43.0. The molecule has 8 heteroatoms. The van der Waals surface area contributed by atoms with Crippen LogP contribution in [0.3, 0.4) is 0 Å². The third kappa shape index (κ3) is 3.22. The van der Waals surface area contributed by atoms with Crippen LogP contribution in [-0.2, 0) is 20.9 Å². The van der Waals surface area contributed by atoms with Crippen molar-refractivity contribution in [2.75, 3.05) is 11.9 Å². The van der Waals surface area contributed by atoms with Crippen molar-refractivity contribution in [2.24, 2.45) is 23.7 Å². The van der Waals surface area contributed by atoms with Crippen LogP contribution in [-0.4, -0.2) is 43.9 Å². The fourth-order valence-corrected chi connectivity index (χ4v) is 5.32. The highest BCUT2D eigenvalue weighted by Gasteiger charge is 2.60. The highest BCUT2D eigenvalue weighted by Crippen LogP contribution is 2.56. The maximum atomic E-state index is 12.7. The molecule has 2 saturated carbocycles.